The van der Waals surface area contributed by atoms with Gasteiger partial charge >= 0.3 is 0 Å². The molecule has 1 atom stereocenters. The summed E-state index contributed by atoms with van der Waals surface area (Å²) in [5, 5.41) is 6.37. The second-order valence-electron chi connectivity index (χ2n) is 9.56. The van der Waals surface area contributed by atoms with E-state index < -0.39 is 0 Å². The van der Waals surface area contributed by atoms with E-state index in [1.165, 1.54) is 6.42 Å². The third-order valence-electron chi connectivity index (χ3n) is 7.05. The van der Waals surface area contributed by atoms with E-state index in [1.54, 1.807) is 24.3 Å². The van der Waals surface area contributed by atoms with Gasteiger partial charge < -0.3 is 9.64 Å². The maximum Gasteiger partial charge on any atom is 0.253 e. The molecule has 0 saturated carbocycles. The Morgan fingerprint density at radius 3 is 2.65 bits per heavy atom. The van der Waals surface area contributed by atoms with Crippen molar-refractivity contribution >= 4 is 34.2 Å². The first-order valence-corrected chi connectivity index (χ1v) is 12.5. The van der Waals surface area contributed by atoms with Crippen LogP contribution in [0.3, 0.4) is 0 Å². The minimum Gasteiger partial charge on any atom is -0.378 e. The van der Waals surface area contributed by atoms with E-state index in [0.29, 0.717) is 36.0 Å². The third kappa shape index (κ3) is 4.89. The SMILES string of the molecule is Cc1c(C(=O)CC[C@@H]2CCCCO2)ccc2nn(CC3CN(C(=O)c4ccc(Cl)cc4)C3)cc12. The van der Waals surface area contributed by atoms with Crippen LogP contribution < -0.4 is 0 Å². The van der Waals surface area contributed by atoms with E-state index >= 15 is 0 Å². The molecule has 178 valence electrons. The number of hydrogen-bond acceptors (Lipinski definition) is 4. The number of Topliss-reactive ketones (excluding diaryl/α,β-unsaturated/α-hetero) is 1. The predicted molar refractivity (Wildman–Crippen MR) is 132 cm³/mol. The van der Waals surface area contributed by atoms with E-state index in [9.17, 15) is 9.59 Å². The molecule has 1 aromatic heterocycles. The Bertz CT molecular complexity index is 1190. The number of hydrogen-bond donors (Lipinski definition) is 0. The second kappa shape index (κ2) is 9.88. The summed E-state index contributed by atoms with van der Waals surface area (Å²) in [5.41, 5.74) is 3.34. The van der Waals surface area contributed by atoms with E-state index in [4.69, 9.17) is 21.4 Å². The predicted octanol–water partition coefficient (Wildman–Crippen LogP) is 5.30. The number of ketones is 1. The zero-order chi connectivity index (χ0) is 23.7. The number of ether oxygens (including phenoxy) is 1. The molecule has 0 radical (unpaired) electrons. The molecule has 0 unspecified atom stereocenters. The fraction of sp³-hybridized carbons (Fsp3) is 0.444. The number of carbonyl (C=O) groups excluding carboxylic acids is 2. The quantitative estimate of drug-likeness (QED) is 0.431. The molecule has 2 aliphatic rings. The van der Waals surface area contributed by atoms with Crippen molar-refractivity contribution in [2.24, 2.45) is 5.92 Å². The number of rotatable bonds is 7. The van der Waals surface area contributed by atoms with Crippen LogP contribution in [0.4, 0.5) is 0 Å². The van der Waals surface area contributed by atoms with Gasteiger partial charge in [-0.25, -0.2) is 0 Å². The maximum atomic E-state index is 12.9. The average Bonchev–Trinajstić information content (AvgIpc) is 3.24. The van der Waals surface area contributed by atoms with Crippen LogP contribution >= 0.6 is 11.6 Å². The Morgan fingerprint density at radius 2 is 1.91 bits per heavy atom. The van der Waals surface area contributed by atoms with Gasteiger partial charge in [-0.1, -0.05) is 11.6 Å². The lowest BCUT2D eigenvalue weighted by Gasteiger charge is -2.39. The molecule has 3 heterocycles. The minimum atomic E-state index is 0.0381. The van der Waals surface area contributed by atoms with Gasteiger partial charge in [0, 0.05) is 66.3 Å². The number of amides is 1. The number of carbonyl (C=O) groups is 2. The number of halogens is 1. The number of fused-ring (bicyclic) bond motifs is 1. The lowest BCUT2D eigenvalue weighted by atomic mass is 9.96. The van der Waals surface area contributed by atoms with Crippen LogP contribution in [0.25, 0.3) is 10.9 Å². The zero-order valence-corrected chi connectivity index (χ0v) is 20.3. The van der Waals surface area contributed by atoms with Crippen molar-refractivity contribution in [2.75, 3.05) is 19.7 Å². The molecule has 0 aliphatic carbocycles. The summed E-state index contributed by atoms with van der Waals surface area (Å²) in [6.45, 7) is 5.00. The fourth-order valence-electron chi connectivity index (χ4n) is 5.03. The summed E-state index contributed by atoms with van der Waals surface area (Å²) in [6, 6.07) is 10.9. The largest absolute Gasteiger partial charge is 0.378 e. The fourth-order valence-corrected chi connectivity index (χ4v) is 5.15. The highest BCUT2D eigenvalue weighted by atomic mass is 35.5. The van der Waals surface area contributed by atoms with Gasteiger partial charge in [0.15, 0.2) is 5.78 Å². The van der Waals surface area contributed by atoms with Crippen molar-refractivity contribution in [3.05, 3.63) is 64.3 Å². The van der Waals surface area contributed by atoms with Crippen LogP contribution in [0.15, 0.2) is 42.6 Å². The van der Waals surface area contributed by atoms with Crippen LogP contribution in [0.2, 0.25) is 5.02 Å². The number of aromatic nitrogens is 2. The van der Waals surface area contributed by atoms with Crippen molar-refractivity contribution in [2.45, 2.75) is 51.7 Å². The van der Waals surface area contributed by atoms with Crippen LogP contribution in [-0.4, -0.2) is 52.2 Å². The van der Waals surface area contributed by atoms with Gasteiger partial charge in [0.25, 0.3) is 5.91 Å². The summed E-state index contributed by atoms with van der Waals surface area (Å²) in [7, 11) is 0. The first kappa shape index (κ1) is 23.1. The van der Waals surface area contributed by atoms with Gasteiger partial charge in [-0.15, -0.1) is 0 Å². The van der Waals surface area contributed by atoms with Gasteiger partial charge in [0.05, 0.1) is 11.6 Å². The minimum absolute atomic E-state index is 0.0381. The van der Waals surface area contributed by atoms with Gasteiger partial charge in [-0.2, -0.15) is 5.10 Å². The lowest BCUT2D eigenvalue weighted by Crippen LogP contribution is -2.51. The Balaban J connectivity index is 1.19. The number of nitrogens with zero attached hydrogens (tertiary/aromatic N) is 3. The molecule has 6 nitrogen and oxygen atoms in total. The Morgan fingerprint density at radius 1 is 1.12 bits per heavy atom. The molecule has 2 fully saturated rings. The van der Waals surface area contributed by atoms with E-state index in [2.05, 4.69) is 0 Å². The van der Waals surface area contributed by atoms with Crippen molar-refractivity contribution < 1.29 is 14.3 Å². The molecule has 2 aliphatic heterocycles. The van der Waals surface area contributed by atoms with Crippen molar-refractivity contribution in [3.8, 4) is 0 Å². The van der Waals surface area contributed by atoms with Crippen molar-refractivity contribution in [1.82, 2.24) is 14.7 Å². The summed E-state index contributed by atoms with van der Waals surface area (Å²) in [4.78, 5) is 27.4. The Hall–Kier alpha value is -2.70. The van der Waals surface area contributed by atoms with Crippen molar-refractivity contribution in [1.29, 1.82) is 0 Å². The van der Waals surface area contributed by atoms with Crippen LogP contribution in [0.5, 0.6) is 0 Å². The standard InChI is InChI=1S/C27H30ClN3O3/c1-18-23(26(32)12-9-22-4-2-3-13-34-22)10-11-25-24(18)17-31(29-25)16-19-14-30(15-19)27(33)20-5-7-21(28)8-6-20/h5-8,10-11,17,19,22H,2-4,9,12-16H2,1H3/t22-/m0/s1. The highest BCUT2D eigenvalue weighted by molar-refractivity contribution is 6.30. The molecular formula is C27H30ClN3O3. The summed E-state index contributed by atoms with van der Waals surface area (Å²) in [5.74, 6) is 0.579. The van der Waals surface area contributed by atoms with E-state index in [0.717, 1.165) is 54.4 Å². The molecular weight excluding hydrogens is 450 g/mol. The molecule has 0 spiro atoms. The number of benzene rings is 2. The third-order valence-corrected chi connectivity index (χ3v) is 7.31. The molecule has 0 N–H and O–H groups in total. The zero-order valence-electron chi connectivity index (χ0n) is 19.5. The average molecular weight is 480 g/mol. The summed E-state index contributed by atoms with van der Waals surface area (Å²) < 4.78 is 7.73. The Labute approximate surface area is 204 Å². The van der Waals surface area contributed by atoms with Gasteiger partial charge in [-0.3, -0.25) is 14.3 Å². The first-order chi connectivity index (χ1) is 16.5. The smallest absolute Gasteiger partial charge is 0.253 e. The second-order valence-corrected chi connectivity index (χ2v) is 9.99. The maximum absolute atomic E-state index is 12.9. The molecule has 2 aromatic carbocycles. The van der Waals surface area contributed by atoms with E-state index in [-0.39, 0.29) is 17.8 Å². The first-order valence-electron chi connectivity index (χ1n) is 12.1. The molecule has 2 saturated heterocycles. The topological polar surface area (TPSA) is 64.4 Å². The van der Waals surface area contributed by atoms with Crippen molar-refractivity contribution in [3.63, 3.8) is 0 Å². The molecule has 1 amide bonds. The summed E-state index contributed by atoms with van der Waals surface area (Å²) >= 11 is 5.92. The highest BCUT2D eigenvalue weighted by Crippen LogP contribution is 2.26. The molecule has 5 rings (SSSR count). The molecule has 3 aromatic rings. The van der Waals surface area contributed by atoms with Crippen LogP contribution in [0, 0.1) is 12.8 Å². The monoisotopic (exact) mass is 479 g/mol. The van der Waals surface area contributed by atoms with Gasteiger partial charge in [0.2, 0.25) is 0 Å². The molecule has 7 heteroatoms. The van der Waals surface area contributed by atoms with Gasteiger partial charge in [-0.05, 0) is 74.6 Å². The van der Waals surface area contributed by atoms with E-state index in [1.807, 2.05) is 34.8 Å². The number of aryl methyl sites for hydroxylation is 1. The summed E-state index contributed by atoms with van der Waals surface area (Å²) in [6.07, 6.45) is 6.95. The van der Waals surface area contributed by atoms with Gasteiger partial charge in [0.1, 0.15) is 0 Å². The highest BCUT2D eigenvalue weighted by Gasteiger charge is 2.31. The lowest BCUT2D eigenvalue weighted by molar-refractivity contribution is 0.0104. The Kier molecular flexibility index (Phi) is 6.70. The van der Waals surface area contributed by atoms with Crippen LogP contribution in [-0.2, 0) is 11.3 Å². The van der Waals surface area contributed by atoms with Crippen LogP contribution in [0.1, 0.15) is 58.4 Å². The number of likely N-dealkylation sites (tertiary alicyclic amines) is 1. The molecule has 0 bridgehead atoms. The normalized spacial score (nSPS) is 18.8. The molecule has 34 heavy (non-hydrogen) atoms.